The smallest absolute Gasteiger partial charge is 0.260 e. The van der Waals surface area contributed by atoms with Gasteiger partial charge in [-0.25, -0.2) is 0 Å². The molecule has 11 rings (SSSR count). The van der Waals surface area contributed by atoms with Crippen molar-refractivity contribution in [2.45, 2.75) is 0 Å². The molecule has 224 valence electrons. The van der Waals surface area contributed by atoms with Crippen molar-refractivity contribution in [3.8, 4) is 68.2 Å². The summed E-state index contributed by atoms with van der Waals surface area (Å²) in [7, 11) is 0. The third-order valence-electron chi connectivity index (χ3n) is 9.76. The van der Waals surface area contributed by atoms with Crippen molar-refractivity contribution in [2.24, 2.45) is 0 Å². The molecule has 0 saturated heterocycles. The molecule has 5 nitrogen and oxygen atoms in total. The lowest BCUT2D eigenvalue weighted by molar-refractivity contribution is 0.446. The molecule has 0 aliphatic carbocycles. The zero-order valence-electron chi connectivity index (χ0n) is 25.5. The van der Waals surface area contributed by atoms with Gasteiger partial charge in [-0.1, -0.05) is 84.9 Å². The van der Waals surface area contributed by atoms with Crippen LogP contribution >= 0.6 is 0 Å². The van der Waals surface area contributed by atoms with Crippen molar-refractivity contribution in [2.75, 3.05) is 4.90 Å². The Labute approximate surface area is 277 Å². The van der Waals surface area contributed by atoms with Gasteiger partial charge in [0.15, 0.2) is 23.0 Å². The fourth-order valence-corrected chi connectivity index (χ4v) is 7.71. The number of nitrogens with zero attached hydrogens (tertiary/aromatic N) is 1. The molecule has 4 aliphatic rings. The second kappa shape index (κ2) is 9.56. The molecule has 0 bridgehead atoms. The summed E-state index contributed by atoms with van der Waals surface area (Å²) in [6.45, 7) is 0.0333. The van der Waals surface area contributed by atoms with Crippen LogP contribution in [0, 0.1) is 0 Å². The number of fused-ring (bicyclic) bond motifs is 8. The molecule has 4 heterocycles. The number of anilines is 3. The van der Waals surface area contributed by atoms with Crippen LogP contribution in [0.4, 0.5) is 17.1 Å². The maximum Gasteiger partial charge on any atom is 0.260 e. The maximum absolute atomic E-state index is 6.62. The Bertz CT molecular complexity index is 2190. The number of hydrogen-bond acceptors (Lipinski definition) is 5. The lowest BCUT2D eigenvalue weighted by Gasteiger charge is -2.38. The molecule has 4 aliphatic heterocycles. The topological polar surface area (TPSA) is 40.2 Å². The Morgan fingerprint density at radius 1 is 0.375 bits per heavy atom. The molecule has 48 heavy (non-hydrogen) atoms. The molecule has 7 aromatic carbocycles. The predicted molar refractivity (Wildman–Crippen MR) is 190 cm³/mol. The van der Waals surface area contributed by atoms with Gasteiger partial charge in [0.2, 0.25) is 0 Å². The number of rotatable bonds is 2. The Morgan fingerprint density at radius 2 is 0.771 bits per heavy atom. The molecule has 0 amide bonds. The lowest BCUT2D eigenvalue weighted by Crippen LogP contribution is -2.57. The van der Waals surface area contributed by atoms with Crippen LogP contribution in [0.1, 0.15) is 0 Å². The summed E-state index contributed by atoms with van der Waals surface area (Å²) in [5.41, 5.74) is 10.3. The summed E-state index contributed by atoms with van der Waals surface area (Å²) < 4.78 is 26.4. The first kappa shape index (κ1) is 25.8. The van der Waals surface area contributed by atoms with Crippen LogP contribution in [-0.2, 0) is 0 Å². The molecular formula is C42H24BNO4. The minimum Gasteiger partial charge on any atom is -0.458 e. The molecule has 0 N–H and O–H groups in total. The Hall–Kier alpha value is -6.40. The molecule has 0 saturated carbocycles. The summed E-state index contributed by atoms with van der Waals surface area (Å²) >= 11 is 0. The van der Waals surface area contributed by atoms with E-state index in [0.717, 1.165) is 102 Å². The normalized spacial score (nSPS) is 13.6. The largest absolute Gasteiger partial charge is 0.458 e. The molecule has 0 atom stereocenters. The average molecular weight is 617 g/mol. The minimum absolute atomic E-state index is 0.0333. The van der Waals surface area contributed by atoms with E-state index < -0.39 is 0 Å². The summed E-state index contributed by atoms with van der Waals surface area (Å²) in [6, 6.07) is 49.9. The number of benzene rings is 7. The highest BCUT2D eigenvalue weighted by Gasteiger charge is 2.40. The highest BCUT2D eigenvalue weighted by atomic mass is 16.5. The fourth-order valence-electron chi connectivity index (χ4n) is 7.71. The summed E-state index contributed by atoms with van der Waals surface area (Å²) in [5, 5.41) is 0. The molecule has 0 aromatic heterocycles. The van der Waals surface area contributed by atoms with Gasteiger partial charge < -0.3 is 18.9 Å². The van der Waals surface area contributed by atoms with Crippen LogP contribution < -0.4 is 40.2 Å². The monoisotopic (exact) mass is 617 g/mol. The van der Waals surface area contributed by atoms with E-state index in [9.17, 15) is 0 Å². The van der Waals surface area contributed by atoms with E-state index in [1.807, 2.05) is 48.5 Å². The number of ether oxygens (including phenoxy) is 4. The molecule has 0 unspecified atom stereocenters. The van der Waals surface area contributed by atoms with Gasteiger partial charge in [0.25, 0.3) is 6.71 Å². The quantitative estimate of drug-likeness (QED) is 0.181. The first-order valence-electron chi connectivity index (χ1n) is 16.1. The van der Waals surface area contributed by atoms with Crippen molar-refractivity contribution >= 4 is 40.2 Å². The zero-order valence-corrected chi connectivity index (χ0v) is 25.5. The van der Waals surface area contributed by atoms with E-state index in [0.29, 0.717) is 0 Å². The van der Waals surface area contributed by atoms with Gasteiger partial charge >= 0.3 is 0 Å². The van der Waals surface area contributed by atoms with Crippen LogP contribution in [0.3, 0.4) is 0 Å². The van der Waals surface area contributed by atoms with Crippen molar-refractivity contribution in [1.29, 1.82) is 0 Å². The molecule has 0 radical (unpaired) electrons. The lowest BCUT2D eigenvalue weighted by atomic mass is 9.35. The number of hydrogen-bond donors (Lipinski definition) is 0. The molecule has 0 spiro atoms. The molecular weight excluding hydrogens is 593 g/mol. The molecule has 0 fully saturated rings. The van der Waals surface area contributed by atoms with Gasteiger partial charge in [-0.05, 0) is 93.8 Å². The van der Waals surface area contributed by atoms with E-state index in [1.54, 1.807) is 0 Å². The average Bonchev–Trinajstić information content (AvgIpc) is 3.14. The van der Waals surface area contributed by atoms with Crippen molar-refractivity contribution in [1.82, 2.24) is 0 Å². The van der Waals surface area contributed by atoms with Gasteiger partial charge in [-0.2, -0.15) is 0 Å². The minimum atomic E-state index is 0.0333. The zero-order chi connectivity index (χ0) is 31.3. The van der Waals surface area contributed by atoms with Crippen LogP contribution in [-0.4, -0.2) is 6.71 Å². The first-order valence-corrected chi connectivity index (χ1v) is 16.1. The standard InChI is InChI=1S/C42H24BNO4/c1-2-12-28(26-23-39-42-40(24-26)48-36-20-10-6-16-32(36)44(42)31-15-5-9-19-35(31)47-39)27(11-1)25-21-37-41-38(22-25)46-34-18-8-4-14-30(34)43(41)29-13-3-7-17-33(29)45-37/h1-24H. The van der Waals surface area contributed by atoms with Crippen molar-refractivity contribution < 1.29 is 18.9 Å². The molecule has 6 heteroatoms. The third kappa shape index (κ3) is 3.57. The molecule has 7 aromatic rings. The van der Waals surface area contributed by atoms with E-state index in [4.69, 9.17) is 18.9 Å². The van der Waals surface area contributed by atoms with E-state index >= 15 is 0 Å². The second-order valence-electron chi connectivity index (χ2n) is 12.4. The SMILES string of the molecule is c1ccc2c(c1)Oc1cc(-c3ccccc3-c3cc4c5c(c3)Oc3ccccc3N5c3ccccc3O4)cc3c1B2c1ccccc1O3. The van der Waals surface area contributed by atoms with Crippen LogP contribution in [0.25, 0.3) is 22.3 Å². The fraction of sp³-hybridized carbons (Fsp3) is 0. The van der Waals surface area contributed by atoms with Crippen LogP contribution in [0.5, 0.6) is 46.0 Å². The van der Waals surface area contributed by atoms with E-state index in [-0.39, 0.29) is 6.71 Å². The number of para-hydroxylation sites is 6. The van der Waals surface area contributed by atoms with Crippen LogP contribution in [0.2, 0.25) is 0 Å². The highest BCUT2D eigenvalue weighted by molar-refractivity contribution is 6.98. The van der Waals surface area contributed by atoms with Crippen LogP contribution in [0.15, 0.2) is 146 Å². The Balaban J connectivity index is 1.09. The summed E-state index contributed by atoms with van der Waals surface area (Å²) in [4.78, 5) is 2.24. The Morgan fingerprint density at radius 3 is 1.29 bits per heavy atom. The van der Waals surface area contributed by atoms with Crippen molar-refractivity contribution in [3.05, 3.63) is 146 Å². The highest BCUT2D eigenvalue weighted by Crippen LogP contribution is 2.60. The Kier molecular flexibility index (Phi) is 5.13. The summed E-state index contributed by atoms with van der Waals surface area (Å²) in [5.74, 6) is 6.46. The van der Waals surface area contributed by atoms with Gasteiger partial charge in [0, 0.05) is 5.46 Å². The van der Waals surface area contributed by atoms with Gasteiger partial charge in [0.05, 0.1) is 11.4 Å². The maximum atomic E-state index is 6.62. The third-order valence-corrected chi connectivity index (χ3v) is 9.76. The summed E-state index contributed by atoms with van der Waals surface area (Å²) in [6.07, 6.45) is 0. The second-order valence-corrected chi connectivity index (χ2v) is 12.4. The first-order chi connectivity index (χ1) is 23.8. The van der Waals surface area contributed by atoms with Gasteiger partial charge in [-0.15, -0.1) is 0 Å². The van der Waals surface area contributed by atoms with Crippen molar-refractivity contribution in [3.63, 3.8) is 0 Å². The van der Waals surface area contributed by atoms with Gasteiger partial charge in [0.1, 0.15) is 28.7 Å². The van der Waals surface area contributed by atoms with E-state index in [1.165, 1.54) is 0 Å². The van der Waals surface area contributed by atoms with E-state index in [2.05, 4.69) is 102 Å². The van der Waals surface area contributed by atoms with Gasteiger partial charge in [-0.3, -0.25) is 4.90 Å². The predicted octanol–water partition coefficient (Wildman–Crippen LogP) is 9.43.